The Morgan fingerprint density at radius 1 is 1.50 bits per heavy atom. The fourth-order valence-electron chi connectivity index (χ4n) is 1.01. The van der Waals surface area contributed by atoms with Crippen molar-refractivity contribution in [1.29, 1.82) is 0 Å². The molecule has 8 heavy (non-hydrogen) atoms. The normalized spacial score (nSPS) is 30.6. The van der Waals surface area contributed by atoms with Gasteiger partial charge in [0.1, 0.15) is 0 Å². The number of carbonyl (C=O) groups is 1. The zero-order valence-electron chi connectivity index (χ0n) is 4.89. The molecule has 1 saturated carbocycles. The summed E-state index contributed by atoms with van der Waals surface area (Å²) in [4.78, 5) is 10.8. The van der Waals surface area contributed by atoms with Crippen LogP contribution in [0.2, 0.25) is 3.93 Å². The predicted molar refractivity (Wildman–Crippen MR) is 34.4 cm³/mol. The molecule has 0 spiro atoms. The Bertz CT molecular complexity index is 101. The molecule has 2 radical (unpaired) electrons. The van der Waals surface area contributed by atoms with Crippen LogP contribution >= 0.6 is 0 Å². The molecule has 0 bridgehead atoms. The average Bonchev–Trinajstić information content (AvgIpc) is 1.77. The molecule has 0 N–H and O–H groups in total. The zero-order valence-corrected chi connectivity index (χ0v) is 8.19. The van der Waals surface area contributed by atoms with Crippen LogP contribution in [-0.4, -0.2) is 28.3 Å². The van der Waals surface area contributed by atoms with Crippen molar-refractivity contribution in [3.05, 3.63) is 0 Å². The van der Waals surface area contributed by atoms with Crippen LogP contribution in [0.3, 0.4) is 0 Å². The maximum absolute atomic E-state index is 10.8. The van der Waals surface area contributed by atoms with E-state index in [4.69, 9.17) is 0 Å². The van der Waals surface area contributed by atoms with Crippen molar-refractivity contribution < 1.29 is 4.79 Å². The molecule has 0 saturated heterocycles. The third-order valence-electron chi connectivity index (χ3n) is 1.60. The number of rotatable bonds is 0. The van der Waals surface area contributed by atoms with Crippen LogP contribution in [0.1, 0.15) is 25.7 Å². The molecule has 0 aromatic carbocycles. The molecule has 0 amide bonds. The second-order valence-corrected chi connectivity index (χ2v) is 4.62. The van der Waals surface area contributed by atoms with Crippen molar-refractivity contribution in [1.82, 2.24) is 0 Å². The van der Waals surface area contributed by atoms with Crippen LogP contribution in [0.5, 0.6) is 0 Å². The molecule has 0 aromatic rings. The first-order valence-corrected chi connectivity index (χ1v) is 4.99. The van der Waals surface area contributed by atoms with Gasteiger partial charge < -0.3 is 0 Å². The Balaban J connectivity index is 2.39. The number of Topliss-reactive ketones (excluding diaryl/α,β-unsaturated/α-hetero) is 1. The van der Waals surface area contributed by atoms with Gasteiger partial charge in [-0.3, -0.25) is 0 Å². The van der Waals surface area contributed by atoms with Crippen molar-refractivity contribution in [3.63, 3.8) is 0 Å². The van der Waals surface area contributed by atoms with Gasteiger partial charge in [-0.05, 0) is 0 Å². The fourth-order valence-corrected chi connectivity index (χ4v) is 2.16. The molecule has 0 aromatic heterocycles. The van der Waals surface area contributed by atoms with Gasteiger partial charge in [-0.15, -0.1) is 0 Å². The van der Waals surface area contributed by atoms with Crippen LogP contribution in [0.25, 0.3) is 0 Å². The quantitative estimate of drug-likeness (QED) is 0.549. The number of hydrogen-bond acceptors (Lipinski definition) is 1. The minimum atomic E-state index is 0.495. The monoisotopic (exact) mass is 218 g/mol. The molecule has 1 atom stereocenters. The van der Waals surface area contributed by atoms with Gasteiger partial charge in [0.25, 0.3) is 0 Å². The molecule has 1 aliphatic carbocycles. The van der Waals surface area contributed by atoms with E-state index >= 15 is 0 Å². The second-order valence-electron chi connectivity index (χ2n) is 2.32. The zero-order chi connectivity index (χ0) is 5.98. The van der Waals surface area contributed by atoms with E-state index in [0.29, 0.717) is 9.72 Å². The third-order valence-corrected chi connectivity index (χ3v) is 3.61. The molecule has 1 unspecified atom stereocenters. The van der Waals surface area contributed by atoms with E-state index in [1.165, 1.54) is 12.8 Å². The average molecular weight is 217 g/mol. The van der Waals surface area contributed by atoms with Crippen LogP contribution in [0, 0.1) is 0 Å². The summed E-state index contributed by atoms with van der Waals surface area (Å²) >= 11 is 1.15. The predicted octanol–water partition coefficient (Wildman–Crippen LogP) is 0.819. The number of carbonyl (C=O) groups excluding carboxylic acids is 1. The van der Waals surface area contributed by atoms with Crippen molar-refractivity contribution in [2.75, 3.05) is 0 Å². The summed E-state index contributed by atoms with van der Waals surface area (Å²) in [5.74, 6) is 0.527. The molecule has 2 heteroatoms. The fraction of sp³-hybridized carbons (Fsp3) is 0.833. The van der Waals surface area contributed by atoms with E-state index in [2.05, 4.69) is 0 Å². The summed E-state index contributed by atoms with van der Waals surface area (Å²) in [6.07, 6.45) is 4.49. The van der Waals surface area contributed by atoms with Gasteiger partial charge in [-0.25, -0.2) is 0 Å². The summed E-state index contributed by atoms with van der Waals surface area (Å²) in [7, 11) is 0. The van der Waals surface area contributed by atoms with Crippen molar-refractivity contribution >= 4 is 28.3 Å². The molecular formula is C6H10OSn. The van der Waals surface area contributed by atoms with E-state index < -0.39 is 0 Å². The molecule has 1 fully saturated rings. The SMILES string of the molecule is O=C1CCCC[CH]1[SnH]. The van der Waals surface area contributed by atoms with Gasteiger partial charge in [-0.2, -0.15) is 0 Å². The first kappa shape index (κ1) is 6.59. The Hall–Kier alpha value is 0.469. The van der Waals surface area contributed by atoms with E-state index in [-0.39, 0.29) is 0 Å². The van der Waals surface area contributed by atoms with Gasteiger partial charge in [0, 0.05) is 0 Å². The van der Waals surface area contributed by atoms with Gasteiger partial charge in [0.2, 0.25) is 0 Å². The standard InChI is InChI=1S/C6H9O.Sn.H/c7-6-4-2-1-3-5-6;;/h4H,1-3,5H2;;. The topological polar surface area (TPSA) is 17.1 Å². The Morgan fingerprint density at radius 2 is 2.25 bits per heavy atom. The summed E-state index contributed by atoms with van der Waals surface area (Å²) in [6, 6.07) is 0. The first-order chi connectivity index (χ1) is 3.80. The molecule has 1 nitrogen and oxygen atoms in total. The summed E-state index contributed by atoms with van der Waals surface area (Å²) in [5, 5.41) is 0. The Morgan fingerprint density at radius 3 is 2.62 bits per heavy atom. The van der Waals surface area contributed by atoms with Crippen molar-refractivity contribution in [3.8, 4) is 0 Å². The van der Waals surface area contributed by atoms with E-state index in [9.17, 15) is 4.79 Å². The van der Waals surface area contributed by atoms with Crippen molar-refractivity contribution in [2.24, 2.45) is 0 Å². The molecule has 1 aliphatic rings. The summed E-state index contributed by atoms with van der Waals surface area (Å²) in [6.45, 7) is 0. The molecule has 1 rings (SSSR count). The van der Waals surface area contributed by atoms with Crippen LogP contribution < -0.4 is 0 Å². The Kier molecular flexibility index (Phi) is 2.35. The van der Waals surface area contributed by atoms with Crippen LogP contribution in [0.15, 0.2) is 0 Å². The van der Waals surface area contributed by atoms with Gasteiger partial charge in [0.05, 0.1) is 0 Å². The first-order valence-electron chi connectivity index (χ1n) is 3.09. The molecule has 0 aliphatic heterocycles. The van der Waals surface area contributed by atoms with Crippen LogP contribution in [-0.2, 0) is 4.79 Å². The van der Waals surface area contributed by atoms with Gasteiger partial charge in [-0.1, -0.05) is 0 Å². The maximum atomic E-state index is 10.8. The Labute approximate surface area is 62.9 Å². The van der Waals surface area contributed by atoms with Crippen molar-refractivity contribution in [2.45, 2.75) is 29.6 Å². The summed E-state index contributed by atoms with van der Waals surface area (Å²) in [5.41, 5.74) is 0. The van der Waals surface area contributed by atoms with Gasteiger partial charge in [0.15, 0.2) is 0 Å². The summed E-state index contributed by atoms with van der Waals surface area (Å²) < 4.78 is 0.495. The molecule has 0 heterocycles. The van der Waals surface area contributed by atoms with E-state index in [1.54, 1.807) is 0 Å². The van der Waals surface area contributed by atoms with E-state index in [0.717, 1.165) is 35.4 Å². The van der Waals surface area contributed by atoms with Crippen LogP contribution in [0.4, 0.5) is 0 Å². The minimum absolute atomic E-state index is 0.495. The van der Waals surface area contributed by atoms with E-state index in [1.807, 2.05) is 0 Å². The molecule has 44 valence electrons. The number of hydrogen-bond donors (Lipinski definition) is 0. The number of ketones is 1. The molecular weight excluding hydrogens is 207 g/mol. The third kappa shape index (κ3) is 1.47. The second kappa shape index (κ2) is 2.85. The van der Waals surface area contributed by atoms with Gasteiger partial charge >= 0.3 is 62.7 Å².